The minimum Gasteiger partial charge on any atom is -0.463 e. The molecule has 0 bridgehead atoms. The molecule has 0 saturated carbocycles. The van der Waals surface area contributed by atoms with Gasteiger partial charge < -0.3 is 18.9 Å². The van der Waals surface area contributed by atoms with E-state index in [2.05, 4.69) is 0 Å². The van der Waals surface area contributed by atoms with Gasteiger partial charge in [0.15, 0.2) is 18.4 Å². The third kappa shape index (κ3) is 3.05. The molecule has 12 nitrogen and oxygen atoms in total. The van der Waals surface area contributed by atoms with Gasteiger partial charge in [-0.2, -0.15) is 4.68 Å². The van der Waals surface area contributed by atoms with Crippen LogP contribution in [-0.2, 0) is 40.4 Å². The highest BCUT2D eigenvalue weighted by molar-refractivity contribution is 5.68. The maximum Gasteiger partial charge on any atom is 0.349 e. The lowest BCUT2D eigenvalue weighted by molar-refractivity contribution is -0.278. The fraction of sp³-hybridized carbons (Fsp3) is 0.667. The van der Waals surface area contributed by atoms with Crippen LogP contribution in [0.2, 0.25) is 0 Å². The molecule has 3 rings (SSSR count). The monoisotopic (exact) mass is 385 g/mol. The SMILES string of the molecule is CC(=O)OC[C@H]1OC2[C@H]([C@@H](OC(C)=O)[C@@H]1OC(C)=O)n1c(=O)n(C)c(=O)n12. The van der Waals surface area contributed by atoms with E-state index in [0.29, 0.717) is 0 Å². The Morgan fingerprint density at radius 3 is 2.04 bits per heavy atom. The Balaban J connectivity index is 2.04. The molecular weight excluding hydrogens is 366 g/mol. The molecule has 148 valence electrons. The fourth-order valence-electron chi connectivity index (χ4n) is 3.37. The highest BCUT2D eigenvalue weighted by atomic mass is 16.6. The van der Waals surface area contributed by atoms with Crippen molar-refractivity contribution in [2.75, 3.05) is 6.61 Å². The van der Waals surface area contributed by atoms with E-state index in [4.69, 9.17) is 18.9 Å². The van der Waals surface area contributed by atoms with Gasteiger partial charge in [-0.1, -0.05) is 0 Å². The van der Waals surface area contributed by atoms with Crippen molar-refractivity contribution in [3.05, 3.63) is 21.0 Å². The Morgan fingerprint density at radius 1 is 0.926 bits per heavy atom. The molecule has 1 fully saturated rings. The van der Waals surface area contributed by atoms with Gasteiger partial charge in [-0.15, -0.1) is 0 Å². The zero-order valence-electron chi connectivity index (χ0n) is 15.1. The minimum absolute atomic E-state index is 0.292. The molecule has 0 aromatic carbocycles. The Labute approximate surface area is 152 Å². The van der Waals surface area contributed by atoms with Crippen molar-refractivity contribution in [1.82, 2.24) is 13.9 Å². The predicted octanol–water partition coefficient (Wildman–Crippen LogP) is -1.77. The summed E-state index contributed by atoms with van der Waals surface area (Å²) in [5, 5.41) is 0. The number of esters is 3. The number of hydrogen-bond acceptors (Lipinski definition) is 9. The summed E-state index contributed by atoms with van der Waals surface area (Å²) in [4.78, 5) is 58.9. The maximum atomic E-state index is 12.3. The number of nitrogens with zero attached hydrogens (tertiary/aromatic N) is 3. The van der Waals surface area contributed by atoms with E-state index in [9.17, 15) is 24.0 Å². The van der Waals surface area contributed by atoms with E-state index in [1.165, 1.54) is 14.0 Å². The number of aromatic nitrogens is 3. The lowest BCUT2D eigenvalue weighted by Gasteiger charge is -2.50. The van der Waals surface area contributed by atoms with E-state index in [0.717, 1.165) is 27.8 Å². The van der Waals surface area contributed by atoms with Crippen molar-refractivity contribution in [3.8, 4) is 0 Å². The zero-order valence-corrected chi connectivity index (χ0v) is 15.1. The molecule has 1 saturated heterocycles. The molecule has 12 heteroatoms. The standard InChI is InChI=1S/C15H19N3O9/c1-6(19)24-5-9-11(25-7(2)20)12(26-8(3)21)10-13(27-9)18-15(23)16(4)14(22)17(10)18/h9-13H,5H2,1-4H3/t9-,10+,11-,12-,13?/m1/s1. The van der Waals surface area contributed by atoms with Gasteiger partial charge in [0.1, 0.15) is 18.8 Å². The van der Waals surface area contributed by atoms with Crippen LogP contribution in [0.1, 0.15) is 33.0 Å². The summed E-state index contributed by atoms with van der Waals surface area (Å²) < 4.78 is 24.4. The van der Waals surface area contributed by atoms with Crippen molar-refractivity contribution >= 4 is 17.9 Å². The van der Waals surface area contributed by atoms with Gasteiger partial charge in [0, 0.05) is 27.8 Å². The molecule has 0 radical (unpaired) electrons. The summed E-state index contributed by atoms with van der Waals surface area (Å²) in [6.07, 6.45) is -4.18. The molecule has 0 spiro atoms. The predicted molar refractivity (Wildman–Crippen MR) is 84.6 cm³/mol. The van der Waals surface area contributed by atoms with Crippen LogP contribution in [0.25, 0.3) is 0 Å². The van der Waals surface area contributed by atoms with Gasteiger partial charge in [0.25, 0.3) is 0 Å². The molecule has 5 atom stereocenters. The Hall–Kier alpha value is -2.89. The second-order valence-corrected chi connectivity index (χ2v) is 6.32. The molecule has 2 aliphatic heterocycles. The third-order valence-corrected chi connectivity index (χ3v) is 4.41. The van der Waals surface area contributed by atoms with E-state index >= 15 is 0 Å². The van der Waals surface area contributed by atoms with Crippen molar-refractivity contribution < 1.29 is 33.3 Å². The topological polar surface area (TPSA) is 137 Å². The van der Waals surface area contributed by atoms with Gasteiger partial charge in [0.05, 0.1) is 0 Å². The average molecular weight is 385 g/mol. The highest BCUT2D eigenvalue weighted by Crippen LogP contribution is 2.44. The Kier molecular flexibility index (Phi) is 4.68. The second-order valence-electron chi connectivity index (χ2n) is 6.32. The van der Waals surface area contributed by atoms with Gasteiger partial charge in [-0.25, -0.2) is 18.8 Å². The Morgan fingerprint density at radius 2 is 1.48 bits per heavy atom. The van der Waals surface area contributed by atoms with Gasteiger partial charge in [0.2, 0.25) is 0 Å². The number of ether oxygens (including phenoxy) is 4. The molecule has 0 N–H and O–H groups in total. The largest absolute Gasteiger partial charge is 0.463 e. The highest BCUT2D eigenvalue weighted by Gasteiger charge is 2.59. The lowest BCUT2D eigenvalue weighted by atomic mass is 9.93. The average Bonchev–Trinajstić information content (AvgIpc) is 2.72. The van der Waals surface area contributed by atoms with Crippen LogP contribution in [0.3, 0.4) is 0 Å². The second kappa shape index (κ2) is 6.68. The molecule has 1 aromatic heterocycles. The molecule has 3 heterocycles. The van der Waals surface area contributed by atoms with Crippen molar-refractivity contribution in [3.63, 3.8) is 0 Å². The van der Waals surface area contributed by atoms with E-state index in [1.807, 2.05) is 0 Å². The first kappa shape index (κ1) is 18.9. The van der Waals surface area contributed by atoms with Crippen molar-refractivity contribution in [2.24, 2.45) is 7.05 Å². The summed E-state index contributed by atoms with van der Waals surface area (Å²) in [5.41, 5.74) is -1.23. The molecule has 0 aliphatic carbocycles. The molecule has 1 aromatic rings. The first-order valence-electron chi connectivity index (χ1n) is 8.16. The molecule has 2 aliphatic rings. The summed E-state index contributed by atoms with van der Waals surface area (Å²) in [6, 6.07) is -0.867. The van der Waals surface area contributed by atoms with Crippen molar-refractivity contribution in [1.29, 1.82) is 0 Å². The number of carbonyl (C=O) groups is 3. The van der Waals surface area contributed by atoms with Gasteiger partial charge >= 0.3 is 29.3 Å². The summed E-state index contributed by atoms with van der Waals surface area (Å²) >= 11 is 0. The van der Waals surface area contributed by atoms with Crippen LogP contribution >= 0.6 is 0 Å². The Bertz CT molecular complexity index is 911. The van der Waals surface area contributed by atoms with Crippen LogP contribution in [0, 0.1) is 0 Å². The van der Waals surface area contributed by atoms with Crippen LogP contribution in [0.15, 0.2) is 9.59 Å². The smallest absolute Gasteiger partial charge is 0.349 e. The first-order chi connectivity index (χ1) is 12.6. The van der Waals surface area contributed by atoms with Crippen molar-refractivity contribution in [2.45, 2.75) is 51.4 Å². The van der Waals surface area contributed by atoms with E-state index < -0.39 is 59.9 Å². The summed E-state index contributed by atoms with van der Waals surface area (Å²) in [5.74, 6) is -1.94. The van der Waals surface area contributed by atoms with Crippen LogP contribution in [0.4, 0.5) is 0 Å². The van der Waals surface area contributed by atoms with E-state index in [1.54, 1.807) is 0 Å². The lowest BCUT2D eigenvalue weighted by Crippen LogP contribution is -2.65. The summed E-state index contributed by atoms with van der Waals surface area (Å²) in [7, 11) is 1.30. The molecular formula is C15H19N3O9. The van der Waals surface area contributed by atoms with Gasteiger partial charge in [-0.3, -0.25) is 14.4 Å². The molecule has 27 heavy (non-hydrogen) atoms. The zero-order chi connectivity index (χ0) is 20.0. The summed E-state index contributed by atoms with van der Waals surface area (Å²) in [6.45, 7) is 3.22. The number of rotatable bonds is 4. The van der Waals surface area contributed by atoms with Crippen LogP contribution < -0.4 is 11.4 Å². The molecule has 0 amide bonds. The van der Waals surface area contributed by atoms with Crippen LogP contribution in [0.5, 0.6) is 0 Å². The maximum absolute atomic E-state index is 12.3. The first-order valence-corrected chi connectivity index (χ1v) is 8.16. The minimum atomic E-state index is -1.14. The number of hydrogen-bond donors (Lipinski definition) is 0. The fourth-order valence-corrected chi connectivity index (χ4v) is 3.37. The van der Waals surface area contributed by atoms with E-state index in [-0.39, 0.29) is 6.61 Å². The number of fused-ring (bicyclic) bond motifs is 4. The van der Waals surface area contributed by atoms with Gasteiger partial charge in [-0.05, 0) is 0 Å². The third-order valence-electron chi connectivity index (χ3n) is 4.41. The normalized spacial score (nSPS) is 28.4. The van der Waals surface area contributed by atoms with Crippen LogP contribution in [-0.4, -0.2) is 56.8 Å². The molecule has 1 unspecified atom stereocenters. The number of carbonyl (C=O) groups excluding carboxylic acids is 3. The quantitative estimate of drug-likeness (QED) is 0.435.